The molecule has 98 valence electrons. The molecule has 2 aromatic carbocycles. The van der Waals surface area contributed by atoms with Gasteiger partial charge in [-0.15, -0.1) is 0 Å². The van der Waals surface area contributed by atoms with Crippen LogP contribution in [0, 0.1) is 17.5 Å². The molecule has 0 aromatic heterocycles. The van der Waals surface area contributed by atoms with Crippen LogP contribution >= 0.6 is 0 Å². The average Bonchev–Trinajstić information content (AvgIpc) is 2.42. The van der Waals surface area contributed by atoms with Crippen molar-refractivity contribution in [3.8, 4) is 0 Å². The molecule has 0 amide bonds. The summed E-state index contributed by atoms with van der Waals surface area (Å²) in [5, 5.41) is 0. The second kappa shape index (κ2) is 5.53. The lowest BCUT2D eigenvalue weighted by molar-refractivity contribution is 0.447. The minimum atomic E-state index is -1.53. The minimum absolute atomic E-state index is 0.0164. The number of amidine groups is 1. The summed E-state index contributed by atoms with van der Waals surface area (Å²) in [6, 6.07) is 10.3. The third-order valence-electron chi connectivity index (χ3n) is 2.39. The number of para-hydroxylation sites is 1. The quantitative estimate of drug-likeness (QED) is 0.288. The molecular formula is C13H10F3N3. The molecular weight excluding hydrogens is 255 g/mol. The largest absolute Gasteiger partial charge is 0.308 e. The van der Waals surface area contributed by atoms with Crippen LogP contribution in [0.4, 0.5) is 18.9 Å². The van der Waals surface area contributed by atoms with Crippen LogP contribution in [0.5, 0.6) is 0 Å². The predicted octanol–water partition coefficient (Wildman–Crippen LogP) is 2.65. The summed E-state index contributed by atoms with van der Waals surface area (Å²) in [4.78, 5) is 4.08. The Balaban J connectivity index is 2.46. The molecule has 2 aromatic rings. The number of benzene rings is 2. The van der Waals surface area contributed by atoms with Gasteiger partial charge < -0.3 is 5.43 Å². The summed E-state index contributed by atoms with van der Waals surface area (Å²) in [6.07, 6.45) is 0. The number of halogens is 3. The second-order valence-corrected chi connectivity index (χ2v) is 3.69. The second-order valence-electron chi connectivity index (χ2n) is 3.69. The van der Waals surface area contributed by atoms with Gasteiger partial charge in [0.2, 0.25) is 0 Å². The Morgan fingerprint density at radius 3 is 2.11 bits per heavy atom. The summed E-state index contributed by atoms with van der Waals surface area (Å²) < 4.78 is 39.1. The highest BCUT2D eigenvalue weighted by atomic mass is 19.2. The fourth-order valence-corrected chi connectivity index (χ4v) is 1.50. The molecule has 0 atom stereocenters. The van der Waals surface area contributed by atoms with Crippen molar-refractivity contribution >= 4 is 11.5 Å². The highest BCUT2D eigenvalue weighted by Crippen LogP contribution is 2.16. The van der Waals surface area contributed by atoms with Crippen molar-refractivity contribution in [3.05, 3.63) is 65.5 Å². The zero-order chi connectivity index (χ0) is 13.8. The van der Waals surface area contributed by atoms with Crippen LogP contribution in [0.25, 0.3) is 0 Å². The molecule has 0 aliphatic heterocycles. The van der Waals surface area contributed by atoms with Gasteiger partial charge in [0.25, 0.3) is 0 Å². The number of hydrogen-bond donors (Lipinski definition) is 2. The highest BCUT2D eigenvalue weighted by molar-refractivity contribution is 5.99. The maximum Gasteiger partial charge on any atom is 0.194 e. The normalized spacial score (nSPS) is 11.5. The zero-order valence-corrected chi connectivity index (χ0v) is 9.70. The van der Waals surface area contributed by atoms with E-state index in [4.69, 9.17) is 5.84 Å². The molecule has 2 rings (SSSR count). The van der Waals surface area contributed by atoms with Gasteiger partial charge in [-0.2, -0.15) is 0 Å². The van der Waals surface area contributed by atoms with E-state index >= 15 is 0 Å². The molecule has 0 aliphatic carbocycles. The first-order valence-corrected chi connectivity index (χ1v) is 5.37. The fraction of sp³-hybridized carbons (Fsp3) is 0. The Hall–Kier alpha value is -2.34. The Morgan fingerprint density at radius 2 is 1.58 bits per heavy atom. The first-order valence-electron chi connectivity index (χ1n) is 5.37. The lowest BCUT2D eigenvalue weighted by atomic mass is 10.2. The number of rotatable bonds is 2. The van der Waals surface area contributed by atoms with Crippen molar-refractivity contribution in [1.29, 1.82) is 0 Å². The summed E-state index contributed by atoms with van der Waals surface area (Å²) in [7, 11) is 0. The van der Waals surface area contributed by atoms with E-state index in [1.54, 1.807) is 30.3 Å². The molecule has 0 unspecified atom stereocenters. The fourth-order valence-electron chi connectivity index (χ4n) is 1.50. The van der Waals surface area contributed by atoms with Crippen LogP contribution in [-0.4, -0.2) is 5.84 Å². The van der Waals surface area contributed by atoms with Crippen LogP contribution < -0.4 is 11.3 Å². The molecule has 0 radical (unpaired) electrons. The van der Waals surface area contributed by atoms with Crippen LogP contribution in [0.15, 0.2) is 47.5 Å². The molecule has 0 saturated heterocycles. The third-order valence-corrected chi connectivity index (χ3v) is 2.39. The average molecular weight is 265 g/mol. The van der Waals surface area contributed by atoms with E-state index in [0.29, 0.717) is 5.69 Å². The van der Waals surface area contributed by atoms with Crippen molar-refractivity contribution < 1.29 is 13.2 Å². The van der Waals surface area contributed by atoms with Gasteiger partial charge in [-0.3, -0.25) is 0 Å². The Morgan fingerprint density at radius 1 is 1.00 bits per heavy atom. The van der Waals surface area contributed by atoms with Gasteiger partial charge in [0.15, 0.2) is 17.5 Å². The number of hydrazine groups is 1. The van der Waals surface area contributed by atoms with Crippen LogP contribution in [0.3, 0.4) is 0 Å². The topological polar surface area (TPSA) is 50.4 Å². The van der Waals surface area contributed by atoms with E-state index < -0.39 is 17.5 Å². The molecule has 0 heterocycles. The summed E-state index contributed by atoms with van der Waals surface area (Å²) in [5.41, 5.74) is 2.79. The number of hydrogen-bond acceptors (Lipinski definition) is 2. The Kier molecular flexibility index (Phi) is 3.82. The molecule has 3 nitrogen and oxygen atoms in total. The maximum atomic E-state index is 13.1. The van der Waals surface area contributed by atoms with E-state index in [1.807, 2.05) is 0 Å². The van der Waals surface area contributed by atoms with Gasteiger partial charge in [0.05, 0.1) is 5.69 Å². The third kappa shape index (κ3) is 2.92. The molecule has 0 spiro atoms. The van der Waals surface area contributed by atoms with Crippen molar-refractivity contribution in [2.75, 3.05) is 0 Å². The minimum Gasteiger partial charge on any atom is -0.308 e. The van der Waals surface area contributed by atoms with E-state index in [9.17, 15) is 13.2 Å². The van der Waals surface area contributed by atoms with E-state index in [-0.39, 0.29) is 11.4 Å². The maximum absolute atomic E-state index is 13.1. The number of nitrogens with two attached hydrogens (primary N) is 1. The van der Waals surface area contributed by atoms with Crippen molar-refractivity contribution in [2.24, 2.45) is 10.8 Å². The van der Waals surface area contributed by atoms with Gasteiger partial charge in [-0.05, 0) is 24.3 Å². The van der Waals surface area contributed by atoms with Gasteiger partial charge >= 0.3 is 0 Å². The van der Waals surface area contributed by atoms with Crippen molar-refractivity contribution in [3.63, 3.8) is 0 Å². The van der Waals surface area contributed by atoms with Gasteiger partial charge in [-0.1, -0.05) is 18.2 Å². The lowest BCUT2D eigenvalue weighted by Crippen LogP contribution is -2.31. The van der Waals surface area contributed by atoms with Crippen molar-refractivity contribution in [1.82, 2.24) is 5.43 Å². The first kappa shape index (κ1) is 13.1. The van der Waals surface area contributed by atoms with E-state index in [0.717, 1.165) is 12.1 Å². The van der Waals surface area contributed by atoms with Gasteiger partial charge in [-0.25, -0.2) is 24.0 Å². The molecule has 0 bridgehead atoms. The SMILES string of the molecule is NNC(=Nc1ccccc1)c1cc(F)c(F)c(F)c1. The number of aliphatic imine (C=N–C) groups is 1. The summed E-state index contributed by atoms with van der Waals surface area (Å²) in [6.45, 7) is 0. The highest BCUT2D eigenvalue weighted by Gasteiger charge is 2.13. The number of nitrogens with zero attached hydrogens (tertiary/aromatic N) is 1. The van der Waals surface area contributed by atoms with E-state index in [2.05, 4.69) is 10.4 Å². The van der Waals surface area contributed by atoms with Crippen molar-refractivity contribution in [2.45, 2.75) is 0 Å². The summed E-state index contributed by atoms with van der Waals surface area (Å²) in [5.74, 6) is 1.17. The van der Waals surface area contributed by atoms with E-state index in [1.165, 1.54) is 0 Å². The number of nitrogens with one attached hydrogen (secondary N) is 1. The molecule has 3 N–H and O–H groups in total. The molecule has 0 fully saturated rings. The molecule has 6 heteroatoms. The molecule has 0 aliphatic rings. The Bertz CT molecular complexity index is 589. The van der Waals surface area contributed by atoms with Crippen LogP contribution in [-0.2, 0) is 0 Å². The van der Waals surface area contributed by atoms with Gasteiger partial charge in [0, 0.05) is 5.56 Å². The summed E-state index contributed by atoms with van der Waals surface area (Å²) >= 11 is 0. The first-order chi connectivity index (χ1) is 9.11. The monoisotopic (exact) mass is 265 g/mol. The Labute approximate surface area is 107 Å². The molecule has 19 heavy (non-hydrogen) atoms. The zero-order valence-electron chi connectivity index (χ0n) is 9.70. The predicted molar refractivity (Wildman–Crippen MR) is 66.3 cm³/mol. The van der Waals surface area contributed by atoms with Gasteiger partial charge in [0.1, 0.15) is 5.84 Å². The van der Waals surface area contributed by atoms with Crippen LogP contribution in [0.1, 0.15) is 5.56 Å². The smallest absolute Gasteiger partial charge is 0.194 e. The molecule has 0 saturated carbocycles. The lowest BCUT2D eigenvalue weighted by Gasteiger charge is -2.07. The standard InChI is InChI=1S/C13H10F3N3/c14-10-6-8(7-11(15)12(10)16)13(19-17)18-9-4-2-1-3-5-9/h1-7H,17H2,(H,18,19). The van der Waals surface area contributed by atoms with Crippen LogP contribution in [0.2, 0.25) is 0 Å².